The number of ketones is 1. The molecule has 0 saturated heterocycles. The van der Waals surface area contributed by atoms with E-state index in [-0.39, 0.29) is 11.8 Å². The molecule has 0 aliphatic rings. The summed E-state index contributed by atoms with van der Waals surface area (Å²) in [7, 11) is 0. The van der Waals surface area contributed by atoms with Crippen LogP contribution in [0.4, 0.5) is 0 Å². The molecule has 4 nitrogen and oxygen atoms in total. The molecule has 84 valence electrons. The highest BCUT2D eigenvalue weighted by atomic mass is 35.5. The summed E-state index contributed by atoms with van der Waals surface area (Å²) in [5, 5.41) is 4.48. The van der Waals surface area contributed by atoms with Gasteiger partial charge in [-0.05, 0) is 13.8 Å². The van der Waals surface area contributed by atoms with E-state index in [2.05, 4.69) is 10.1 Å². The van der Waals surface area contributed by atoms with Gasteiger partial charge in [-0.1, -0.05) is 11.6 Å². The number of thiazole rings is 1. The van der Waals surface area contributed by atoms with Gasteiger partial charge in [-0.25, -0.2) is 0 Å². The Labute approximate surface area is 102 Å². The van der Waals surface area contributed by atoms with E-state index >= 15 is 0 Å². The zero-order valence-electron chi connectivity index (χ0n) is 8.85. The third-order valence-electron chi connectivity index (χ3n) is 2.11. The molecule has 2 rings (SSSR count). The lowest BCUT2D eigenvalue weighted by Gasteiger charge is -2.09. The Hall–Kier alpha value is -1.20. The van der Waals surface area contributed by atoms with Crippen molar-refractivity contribution in [1.29, 1.82) is 0 Å². The monoisotopic (exact) mass is 255 g/mol. The van der Waals surface area contributed by atoms with E-state index in [1.54, 1.807) is 16.4 Å². The molecule has 2 aromatic heterocycles. The molecule has 0 unspecified atom stereocenters. The minimum Gasteiger partial charge on any atom is -0.286 e. The Morgan fingerprint density at radius 2 is 2.25 bits per heavy atom. The molecule has 2 heterocycles. The van der Waals surface area contributed by atoms with Gasteiger partial charge in [0.05, 0.1) is 21.6 Å². The number of carbonyl (C=O) groups excluding carboxylic acids is 1. The first kappa shape index (κ1) is 11.3. The first-order chi connectivity index (χ1) is 7.61. The Bertz CT molecular complexity index is 504. The molecule has 0 aromatic carbocycles. The van der Waals surface area contributed by atoms with Gasteiger partial charge in [0.2, 0.25) is 5.78 Å². The van der Waals surface area contributed by atoms with Crippen molar-refractivity contribution >= 4 is 28.7 Å². The van der Waals surface area contributed by atoms with Gasteiger partial charge in [-0.15, -0.1) is 11.3 Å². The lowest BCUT2D eigenvalue weighted by Crippen LogP contribution is -2.13. The van der Waals surface area contributed by atoms with Crippen LogP contribution in [0.5, 0.6) is 0 Å². The molecule has 6 heteroatoms. The van der Waals surface area contributed by atoms with Gasteiger partial charge in [0.25, 0.3) is 0 Å². The second-order valence-corrected chi connectivity index (χ2v) is 4.87. The zero-order valence-corrected chi connectivity index (χ0v) is 10.4. The quantitative estimate of drug-likeness (QED) is 0.793. The van der Waals surface area contributed by atoms with Gasteiger partial charge in [0.15, 0.2) is 0 Å². The molecule has 0 spiro atoms. The van der Waals surface area contributed by atoms with Crippen molar-refractivity contribution < 1.29 is 4.79 Å². The Morgan fingerprint density at radius 1 is 1.50 bits per heavy atom. The van der Waals surface area contributed by atoms with Crippen molar-refractivity contribution in [3.63, 3.8) is 0 Å². The van der Waals surface area contributed by atoms with Gasteiger partial charge < -0.3 is 0 Å². The van der Waals surface area contributed by atoms with Crippen LogP contribution in [-0.2, 0) is 0 Å². The summed E-state index contributed by atoms with van der Waals surface area (Å²) in [5.74, 6) is -0.126. The van der Waals surface area contributed by atoms with E-state index in [0.717, 1.165) is 0 Å². The molecular weight excluding hydrogens is 246 g/mol. The van der Waals surface area contributed by atoms with Crippen LogP contribution in [0.25, 0.3) is 0 Å². The summed E-state index contributed by atoms with van der Waals surface area (Å²) >= 11 is 7.28. The van der Waals surface area contributed by atoms with Gasteiger partial charge in [0.1, 0.15) is 5.69 Å². The van der Waals surface area contributed by atoms with Gasteiger partial charge in [-0.3, -0.25) is 14.5 Å². The lowest BCUT2D eigenvalue weighted by atomic mass is 10.2. The molecule has 0 bridgehead atoms. The van der Waals surface area contributed by atoms with E-state index < -0.39 is 0 Å². The second kappa shape index (κ2) is 4.35. The summed E-state index contributed by atoms with van der Waals surface area (Å²) in [5.41, 5.74) is 2.05. The van der Waals surface area contributed by atoms with E-state index in [1.165, 1.54) is 17.5 Å². The van der Waals surface area contributed by atoms with E-state index in [1.807, 2.05) is 13.8 Å². The molecule has 0 N–H and O–H groups in total. The van der Waals surface area contributed by atoms with Crippen LogP contribution in [0, 0.1) is 0 Å². The SMILES string of the molecule is CC(C)n1ncc(Cl)c1C(=O)c1cncs1. The molecule has 16 heavy (non-hydrogen) atoms. The lowest BCUT2D eigenvalue weighted by molar-refractivity contribution is 0.103. The Kier molecular flexibility index (Phi) is 3.07. The van der Waals surface area contributed by atoms with Crippen LogP contribution in [0.15, 0.2) is 17.9 Å². The molecule has 2 aromatic rings. The predicted octanol–water partition coefficient (Wildman–Crippen LogP) is 2.80. The Morgan fingerprint density at radius 3 is 2.81 bits per heavy atom. The average molecular weight is 256 g/mol. The van der Waals surface area contributed by atoms with E-state index in [9.17, 15) is 4.79 Å². The van der Waals surface area contributed by atoms with Crippen LogP contribution in [0.2, 0.25) is 5.02 Å². The fourth-order valence-corrected chi connectivity index (χ4v) is 2.17. The van der Waals surface area contributed by atoms with Gasteiger partial charge in [-0.2, -0.15) is 5.10 Å². The van der Waals surface area contributed by atoms with Crippen LogP contribution in [-0.4, -0.2) is 20.5 Å². The fourth-order valence-electron chi connectivity index (χ4n) is 1.39. The van der Waals surface area contributed by atoms with E-state index in [0.29, 0.717) is 15.6 Å². The largest absolute Gasteiger partial charge is 0.286 e. The zero-order chi connectivity index (χ0) is 11.7. The number of nitrogens with zero attached hydrogens (tertiary/aromatic N) is 3. The normalized spacial score (nSPS) is 11.0. The number of hydrogen-bond acceptors (Lipinski definition) is 4. The van der Waals surface area contributed by atoms with Crippen molar-refractivity contribution in [1.82, 2.24) is 14.8 Å². The van der Waals surface area contributed by atoms with Gasteiger partial charge >= 0.3 is 0 Å². The van der Waals surface area contributed by atoms with Crippen molar-refractivity contribution in [3.05, 3.63) is 33.5 Å². The molecular formula is C10H10ClN3OS. The third-order valence-corrected chi connectivity index (χ3v) is 3.16. The van der Waals surface area contributed by atoms with Crippen molar-refractivity contribution in [3.8, 4) is 0 Å². The highest BCUT2D eigenvalue weighted by molar-refractivity contribution is 7.11. The molecule has 0 saturated carbocycles. The number of halogens is 1. The van der Waals surface area contributed by atoms with Crippen LogP contribution in [0.1, 0.15) is 35.3 Å². The van der Waals surface area contributed by atoms with Crippen LogP contribution < -0.4 is 0 Å². The first-order valence-corrected chi connectivity index (χ1v) is 6.03. The highest BCUT2D eigenvalue weighted by Crippen LogP contribution is 2.23. The molecule has 0 fully saturated rings. The summed E-state index contributed by atoms with van der Waals surface area (Å²) in [6.07, 6.45) is 3.04. The standard InChI is InChI=1S/C10H10ClN3OS/c1-6(2)14-9(7(11)3-13-14)10(15)8-4-12-5-16-8/h3-6H,1-2H3. The topological polar surface area (TPSA) is 47.8 Å². The van der Waals surface area contributed by atoms with E-state index in [4.69, 9.17) is 11.6 Å². The van der Waals surface area contributed by atoms with Gasteiger partial charge in [0, 0.05) is 12.2 Å². The molecule has 0 amide bonds. The fraction of sp³-hybridized carbons (Fsp3) is 0.300. The smallest absolute Gasteiger partial charge is 0.224 e. The maximum Gasteiger partial charge on any atom is 0.224 e. The van der Waals surface area contributed by atoms with Crippen LogP contribution >= 0.6 is 22.9 Å². The number of aromatic nitrogens is 3. The predicted molar refractivity (Wildman–Crippen MR) is 63.2 cm³/mol. The minimum absolute atomic E-state index is 0.0966. The molecule has 0 aliphatic carbocycles. The summed E-state index contributed by atoms with van der Waals surface area (Å²) in [6.45, 7) is 3.90. The van der Waals surface area contributed by atoms with Crippen LogP contribution in [0.3, 0.4) is 0 Å². The highest BCUT2D eigenvalue weighted by Gasteiger charge is 2.21. The average Bonchev–Trinajstić information content (AvgIpc) is 2.84. The number of carbonyl (C=O) groups is 1. The second-order valence-electron chi connectivity index (χ2n) is 3.57. The molecule has 0 atom stereocenters. The molecule has 0 radical (unpaired) electrons. The minimum atomic E-state index is -0.126. The summed E-state index contributed by atoms with van der Waals surface area (Å²) in [4.78, 5) is 16.6. The summed E-state index contributed by atoms with van der Waals surface area (Å²) in [6, 6.07) is 0.0966. The number of hydrogen-bond donors (Lipinski definition) is 0. The first-order valence-electron chi connectivity index (χ1n) is 4.77. The van der Waals surface area contributed by atoms with Crippen molar-refractivity contribution in [2.24, 2.45) is 0 Å². The van der Waals surface area contributed by atoms with Crippen molar-refractivity contribution in [2.45, 2.75) is 19.9 Å². The number of rotatable bonds is 3. The maximum atomic E-state index is 12.1. The summed E-state index contributed by atoms with van der Waals surface area (Å²) < 4.78 is 1.63. The third kappa shape index (κ3) is 1.88. The Balaban J connectivity index is 2.48. The maximum absolute atomic E-state index is 12.1. The molecule has 0 aliphatic heterocycles. The van der Waals surface area contributed by atoms with Crippen molar-refractivity contribution in [2.75, 3.05) is 0 Å².